The fourth-order valence-corrected chi connectivity index (χ4v) is 2.26. The number of hydrogen-bond donors (Lipinski definition) is 2. The van der Waals surface area contributed by atoms with Crippen molar-refractivity contribution in [2.75, 3.05) is 7.05 Å². The highest BCUT2D eigenvalue weighted by atomic mass is 35.5. The minimum atomic E-state index is 0.309. The Labute approximate surface area is 150 Å². The molecule has 0 heterocycles. The van der Waals surface area contributed by atoms with Gasteiger partial charge in [-0.05, 0) is 54.2 Å². The molecule has 2 aromatic rings. The van der Waals surface area contributed by atoms with E-state index in [4.69, 9.17) is 40.2 Å². The van der Waals surface area contributed by atoms with E-state index in [2.05, 4.69) is 15.8 Å². The highest BCUT2D eigenvalue weighted by molar-refractivity contribution is 7.80. The van der Waals surface area contributed by atoms with Crippen molar-refractivity contribution >= 4 is 46.7 Å². The Morgan fingerprint density at radius 1 is 1.17 bits per heavy atom. The summed E-state index contributed by atoms with van der Waals surface area (Å²) in [5.41, 5.74) is 4.37. The van der Waals surface area contributed by atoms with Crippen molar-refractivity contribution in [3.05, 3.63) is 63.6 Å². The molecular weight excluding hydrogens is 353 g/mol. The summed E-state index contributed by atoms with van der Waals surface area (Å²) in [4.78, 5) is 0. The molecule has 0 amide bonds. The predicted molar refractivity (Wildman–Crippen MR) is 99.6 cm³/mol. The number of benzene rings is 2. The summed E-state index contributed by atoms with van der Waals surface area (Å²) in [5.74, 6) is 0.719. The highest BCUT2D eigenvalue weighted by Gasteiger charge is 2.06. The molecule has 0 aliphatic carbocycles. The Bertz CT molecular complexity index is 685. The fraction of sp³-hybridized carbons (Fsp3) is 0.125. The molecule has 2 aromatic carbocycles. The van der Waals surface area contributed by atoms with E-state index in [-0.39, 0.29) is 0 Å². The van der Waals surface area contributed by atoms with E-state index in [1.165, 1.54) is 0 Å². The van der Waals surface area contributed by atoms with E-state index in [0.29, 0.717) is 21.8 Å². The van der Waals surface area contributed by atoms with Crippen LogP contribution in [0.3, 0.4) is 0 Å². The maximum atomic E-state index is 6.11. The Kier molecular flexibility index (Phi) is 6.65. The van der Waals surface area contributed by atoms with Crippen molar-refractivity contribution in [1.29, 1.82) is 0 Å². The Morgan fingerprint density at radius 3 is 2.43 bits per heavy atom. The molecule has 0 radical (unpaired) electrons. The number of hydrogen-bond acceptors (Lipinski definition) is 3. The van der Waals surface area contributed by atoms with Crippen LogP contribution in [0, 0.1) is 0 Å². The SMILES string of the molecule is CNC(=S)N/N=C\c1ccc(OCc2c(Cl)cccc2Cl)cc1. The lowest BCUT2D eigenvalue weighted by atomic mass is 10.2. The van der Waals surface area contributed by atoms with Crippen molar-refractivity contribution < 1.29 is 4.74 Å². The summed E-state index contributed by atoms with van der Waals surface area (Å²) in [6.07, 6.45) is 1.67. The van der Waals surface area contributed by atoms with E-state index in [9.17, 15) is 0 Å². The fourth-order valence-electron chi connectivity index (χ4n) is 1.70. The van der Waals surface area contributed by atoms with Crippen molar-refractivity contribution in [3.63, 3.8) is 0 Å². The van der Waals surface area contributed by atoms with Crippen LogP contribution in [0.25, 0.3) is 0 Å². The van der Waals surface area contributed by atoms with Gasteiger partial charge in [0.2, 0.25) is 0 Å². The zero-order valence-electron chi connectivity index (χ0n) is 12.3. The van der Waals surface area contributed by atoms with Crippen LogP contribution in [-0.4, -0.2) is 18.4 Å². The lowest BCUT2D eigenvalue weighted by Gasteiger charge is -2.09. The molecular formula is C16H15Cl2N3OS. The third-order valence-corrected chi connectivity index (χ3v) is 3.94. The second kappa shape index (κ2) is 8.72. The first-order valence-electron chi connectivity index (χ1n) is 6.76. The Balaban J connectivity index is 1.94. The van der Waals surface area contributed by atoms with Gasteiger partial charge >= 0.3 is 0 Å². The molecule has 0 aliphatic heterocycles. The number of halogens is 2. The van der Waals surface area contributed by atoms with E-state index < -0.39 is 0 Å². The van der Waals surface area contributed by atoms with Gasteiger partial charge < -0.3 is 10.1 Å². The molecule has 7 heteroatoms. The first-order valence-corrected chi connectivity index (χ1v) is 7.93. The lowest BCUT2D eigenvalue weighted by molar-refractivity contribution is 0.306. The number of hydrazone groups is 1. The maximum Gasteiger partial charge on any atom is 0.186 e. The molecule has 0 spiro atoms. The number of nitrogens with zero attached hydrogens (tertiary/aromatic N) is 1. The van der Waals surface area contributed by atoms with Crippen LogP contribution >= 0.6 is 35.4 Å². The molecule has 0 saturated carbocycles. The number of rotatable bonds is 5. The minimum Gasteiger partial charge on any atom is -0.489 e. The first kappa shape index (κ1) is 17.5. The van der Waals surface area contributed by atoms with Gasteiger partial charge in [0.25, 0.3) is 0 Å². The van der Waals surface area contributed by atoms with E-state index in [0.717, 1.165) is 16.9 Å². The summed E-state index contributed by atoms with van der Waals surface area (Å²) in [6.45, 7) is 0.309. The Hall–Kier alpha value is -1.82. The maximum absolute atomic E-state index is 6.11. The molecule has 23 heavy (non-hydrogen) atoms. The second-order valence-electron chi connectivity index (χ2n) is 4.51. The molecule has 0 aliphatic rings. The third kappa shape index (κ3) is 5.39. The number of nitrogens with one attached hydrogen (secondary N) is 2. The molecule has 0 unspecified atom stereocenters. The lowest BCUT2D eigenvalue weighted by Crippen LogP contribution is -2.28. The summed E-state index contributed by atoms with van der Waals surface area (Å²) in [6, 6.07) is 12.8. The van der Waals surface area contributed by atoms with Gasteiger partial charge in [-0.25, -0.2) is 0 Å². The molecule has 0 saturated heterocycles. The van der Waals surface area contributed by atoms with Gasteiger partial charge in [0, 0.05) is 22.7 Å². The molecule has 0 bridgehead atoms. The van der Waals surface area contributed by atoms with Gasteiger partial charge in [0.1, 0.15) is 12.4 Å². The predicted octanol–water partition coefficient (Wildman–Crippen LogP) is 4.00. The average molecular weight is 368 g/mol. The van der Waals surface area contributed by atoms with E-state index in [1.807, 2.05) is 24.3 Å². The molecule has 0 fully saturated rings. The monoisotopic (exact) mass is 367 g/mol. The van der Waals surface area contributed by atoms with Crippen molar-refractivity contribution in [1.82, 2.24) is 10.7 Å². The largest absolute Gasteiger partial charge is 0.489 e. The summed E-state index contributed by atoms with van der Waals surface area (Å²) < 4.78 is 5.71. The smallest absolute Gasteiger partial charge is 0.186 e. The highest BCUT2D eigenvalue weighted by Crippen LogP contribution is 2.25. The molecule has 2 rings (SSSR count). The van der Waals surface area contributed by atoms with Crippen molar-refractivity contribution in [3.8, 4) is 5.75 Å². The van der Waals surface area contributed by atoms with E-state index in [1.54, 1.807) is 31.5 Å². The first-order chi connectivity index (χ1) is 11.1. The van der Waals surface area contributed by atoms with Crippen LogP contribution in [-0.2, 0) is 6.61 Å². The number of ether oxygens (including phenoxy) is 1. The van der Waals surface area contributed by atoms with Gasteiger partial charge in [-0.2, -0.15) is 5.10 Å². The minimum absolute atomic E-state index is 0.309. The van der Waals surface area contributed by atoms with Crippen LogP contribution in [0.1, 0.15) is 11.1 Å². The standard InChI is InChI=1S/C16H15Cl2N3OS/c1-19-16(23)21-20-9-11-5-7-12(8-6-11)22-10-13-14(17)3-2-4-15(13)18/h2-9H,10H2,1H3,(H2,19,21,23)/b20-9-. The molecule has 2 N–H and O–H groups in total. The van der Waals surface area contributed by atoms with Crippen LogP contribution in [0.2, 0.25) is 10.0 Å². The van der Waals surface area contributed by atoms with Gasteiger partial charge in [0.05, 0.1) is 6.21 Å². The summed E-state index contributed by atoms with van der Waals surface area (Å²) in [5, 5.41) is 8.41. The van der Waals surface area contributed by atoms with Crippen LogP contribution in [0.15, 0.2) is 47.6 Å². The van der Waals surface area contributed by atoms with Gasteiger partial charge in [-0.1, -0.05) is 29.3 Å². The van der Waals surface area contributed by atoms with E-state index >= 15 is 0 Å². The molecule has 4 nitrogen and oxygen atoms in total. The zero-order chi connectivity index (χ0) is 16.7. The summed E-state index contributed by atoms with van der Waals surface area (Å²) in [7, 11) is 1.72. The van der Waals surface area contributed by atoms with Gasteiger partial charge in [-0.3, -0.25) is 5.43 Å². The molecule has 0 aromatic heterocycles. The Morgan fingerprint density at radius 2 is 1.83 bits per heavy atom. The average Bonchev–Trinajstić information content (AvgIpc) is 2.55. The second-order valence-corrected chi connectivity index (χ2v) is 5.73. The van der Waals surface area contributed by atoms with Crippen LogP contribution in [0.4, 0.5) is 0 Å². The number of thiocarbonyl (C=S) groups is 1. The zero-order valence-corrected chi connectivity index (χ0v) is 14.7. The molecule has 120 valence electrons. The third-order valence-electron chi connectivity index (χ3n) is 2.93. The van der Waals surface area contributed by atoms with Gasteiger partial charge in [0.15, 0.2) is 5.11 Å². The van der Waals surface area contributed by atoms with Crippen molar-refractivity contribution in [2.24, 2.45) is 5.10 Å². The summed E-state index contributed by atoms with van der Waals surface area (Å²) >= 11 is 17.1. The van der Waals surface area contributed by atoms with Crippen molar-refractivity contribution in [2.45, 2.75) is 6.61 Å². The van der Waals surface area contributed by atoms with Crippen LogP contribution < -0.4 is 15.5 Å². The van der Waals surface area contributed by atoms with Gasteiger partial charge in [-0.15, -0.1) is 0 Å². The molecule has 0 atom stereocenters. The topological polar surface area (TPSA) is 45.7 Å². The normalized spacial score (nSPS) is 10.6. The quantitative estimate of drug-likeness (QED) is 0.476. The van der Waals surface area contributed by atoms with Crippen LogP contribution in [0.5, 0.6) is 5.75 Å².